The number of aromatic nitrogens is 1. The van der Waals surface area contributed by atoms with Gasteiger partial charge in [-0.15, -0.1) is 0 Å². The van der Waals surface area contributed by atoms with Crippen LogP contribution in [0.5, 0.6) is 0 Å². The van der Waals surface area contributed by atoms with E-state index in [9.17, 15) is 9.90 Å². The van der Waals surface area contributed by atoms with Crippen LogP contribution < -0.4 is 5.32 Å². The highest BCUT2D eigenvalue weighted by atomic mass is 16.4. The number of carboxylic acid groups (broad SMARTS) is 1. The highest BCUT2D eigenvalue weighted by Crippen LogP contribution is 2.32. The van der Waals surface area contributed by atoms with Crippen LogP contribution in [-0.4, -0.2) is 21.6 Å². The molecule has 5 nitrogen and oxygen atoms in total. The van der Waals surface area contributed by atoms with Gasteiger partial charge in [0.2, 0.25) is 5.89 Å². The molecule has 0 amide bonds. The molecular formula is C15H16N2O3. The van der Waals surface area contributed by atoms with Crippen LogP contribution >= 0.6 is 0 Å². The van der Waals surface area contributed by atoms with Gasteiger partial charge in [-0.05, 0) is 31.4 Å². The Balaban J connectivity index is 1.68. The monoisotopic (exact) mass is 272 g/mol. The molecule has 0 atom stereocenters. The first kappa shape index (κ1) is 12.9. The van der Waals surface area contributed by atoms with Crippen LogP contribution in [0.3, 0.4) is 0 Å². The molecule has 1 saturated carbocycles. The Morgan fingerprint density at radius 3 is 2.70 bits per heavy atom. The van der Waals surface area contributed by atoms with Crippen LogP contribution in [0.4, 0.5) is 0 Å². The number of hydrogen-bond acceptors (Lipinski definition) is 4. The lowest BCUT2D eigenvalue weighted by Crippen LogP contribution is -2.56. The van der Waals surface area contributed by atoms with E-state index in [-0.39, 0.29) is 0 Å². The van der Waals surface area contributed by atoms with Crippen molar-refractivity contribution in [2.45, 2.75) is 31.3 Å². The smallest absolute Gasteiger partial charge is 0.323 e. The number of nitrogens with zero attached hydrogens (tertiary/aromatic N) is 1. The van der Waals surface area contributed by atoms with Crippen LogP contribution in [0.15, 0.2) is 41.0 Å². The second kappa shape index (κ2) is 5.09. The Morgan fingerprint density at radius 1 is 1.35 bits per heavy atom. The Labute approximate surface area is 116 Å². The number of rotatable bonds is 5. The second-order valence-electron chi connectivity index (χ2n) is 5.10. The zero-order chi connectivity index (χ0) is 14.0. The van der Waals surface area contributed by atoms with Gasteiger partial charge in [0.25, 0.3) is 0 Å². The summed E-state index contributed by atoms with van der Waals surface area (Å²) in [7, 11) is 0. The fourth-order valence-electron chi connectivity index (χ4n) is 2.36. The number of aliphatic carboxylic acids is 1. The summed E-state index contributed by atoms with van der Waals surface area (Å²) < 4.78 is 5.43. The minimum atomic E-state index is -0.782. The Hall–Kier alpha value is -2.14. The summed E-state index contributed by atoms with van der Waals surface area (Å²) in [6, 6.07) is 9.63. The molecule has 0 spiro atoms. The highest BCUT2D eigenvalue weighted by molar-refractivity contribution is 5.79. The maximum atomic E-state index is 11.2. The van der Waals surface area contributed by atoms with Gasteiger partial charge >= 0.3 is 5.97 Å². The van der Waals surface area contributed by atoms with Crippen LogP contribution in [0.25, 0.3) is 11.5 Å². The third-order valence-corrected chi connectivity index (χ3v) is 3.80. The van der Waals surface area contributed by atoms with Crippen molar-refractivity contribution in [1.29, 1.82) is 0 Å². The molecule has 0 saturated heterocycles. The average molecular weight is 272 g/mol. The number of carbonyl (C=O) groups is 1. The van der Waals surface area contributed by atoms with E-state index in [0.29, 0.717) is 25.3 Å². The second-order valence-corrected chi connectivity index (χ2v) is 5.10. The van der Waals surface area contributed by atoms with E-state index in [1.54, 1.807) is 6.26 Å². The first-order chi connectivity index (χ1) is 9.70. The molecule has 1 aliphatic rings. The van der Waals surface area contributed by atoms with Crippen molar-refractivity contribution in [3.63, 3.8) is 0 Å². The molecule has 20 heavy (non-hydrogen) atoms. The summed E-state index contributed by atoms with van der Waals surface area (Å²) >= 11 is 0. The van der Waals surface area contributed by atoms with E-state index in [1.807, 2.05) is 30.3 Å². The summed E-state index contributed by atoms with van der Waals surface area (Å²) in [5, 5.41) is 12.3. The number of nitrogens with one attached hydrogen (secondary N) is 1. The van der Waals surface area contributed by atoms with E-state index in [1.165, 1.54) is 0 Å². The predicted octanol–water partition coefficient (Wildman–Crippen LogP) is 2.44. The lowest BCUT2D eigenvalue weighted by molar-refractivity contribution is -0.148. The molecule has 3 rings (SSSR count). The molecule has 0 bridgehead atoms. The Morgan fingerprint density at radius 2 is 2.10 bits per heavy atom. The van der Waals surface area contributed by atoms with Crippen molar-refractivity contribution in [3.05, 3.63) is 42.3 Å². The summed E-state index contributed by atoms with van der Waals surface area (Å²) in [6.45, 7) is 0.405. The quantitative estimate of drug-likeness (QED) is 0.874. The zero-order valence-corrected chi connectivity index (χ0v) is 11.0. The summed E-state index contributed by atoms with van der Waals surface area (Å²) in [6.07, 6.45) is 3.87. The lowest BCUT2D eigenvalue weighted by atomic mass is 9.77. The predicted molar refractivity (Wildman–Crippen MR) is 73.0 cm³/mol. The number of hydrogen-bond donors (Lipinski definition) is 2. The highest BCUT2D eigenvalue weighted by Gasteiger charge is 2.43. The molecule has 5 heteroatoms. The molecule has 1 aromatic carbocycles. The zero-order valence-electron chi connectivity index (χ0n) is 11.0. The van der Waals surface area contributed by atoms with Gasteiger partial charge in [-0.25, -0.2) is 4.98 Å². The van der Waals surface area contributed by atoms with E-state index in [0.717, 1.165) is 17.7 Å². The number of oxazole rings is 1. The van der Waals surface area contributed by atoms with Gasteiger partial charge in [-0.2, -0.15) is 0 Å². The summed E-state index contributed by atoms with van der Waals surface area (Å²) in [5.41, 5.74) is 0.859. The molecule has 1 heterocycles. The first-order valence-corrected chi connectivity index (χ1v) is 6.68. The van der Waals surface area contributed by atoms with Crippen molar-refractivity contribution in [2.75, 3.05) is 0 Å². The molecule has 0 aliphatic heterocycles. The molecule has 1 fully saturated rings. The van der Waals surface area contributed by atoms with E-state index in [2.05, 4.69) is 10.3 Å². The van der Waals surface area contributed by atoms with Gasteiger partial charge in [-0.3, -0.25) is 10.1 Å². The fraction of sp³-hybridized carbons (Fsp3) is 0.333. The molecule has 104 valence electrons. The number of benzene rings is 1. The fourth-order valence-corrected chi connectivity index (χ4v) is 2.36. The van der Waals surface area contributed by atoms with Gasteiger partial charge in [0.1, 0.15) is 11.8 Å². The van der Waals surface area contributed by atoms with Gasteiger partial charge in [0.15, 0.2) is 0 Å². The van der Waals surface area contributed by atoms with Gasteiger partial charge in [-0.1, -0.05) is 18.2 Å². The Bertz CT molecular complexity index is 603. The minimum absolute atomic E-state index is 0.405. The summed E-state index contributed by atoms with van der Waals surface area (Å²) in [4.78, 5) is 15.6. The molecular weight excluding hydrogens is 256 g/mol. The van der Waals surface area contributed by atoms with Crippen molar-refractivity contribution in [2.24, 2.45) is 0 Å². The van der Waals surface area contributed by atoms with Crippen LogP contribution in [0.1, 0.15) is 25.0 Å². The topological polar surface area (TPSA) is 75.4 Å². The largest absolute Gasteiger partial charge is 0.480 e. The summed E-state index contributed by atoms with van der Waals surface area (Å²) in [5.74, 6) is -0.226. The Kier molecular flexibility index (Phi) is 3.28. The van der Waals surface area contributed by atoms with Crippen LogP contribution in [-0.2, 0) is 11.3 Å². The molecule has 2 aromatic rings. The molecule has 0 radical (unpaired) electrons. The molecule has 1 aromatic heterocycles. The average Bonchev–Trinajstić information content (AvgIpc) is 2.87. The maximum Gasteiger partial charge on any atom is 0.323 e. The molecule has 0 unspecified atom stereocenters. The SMILES string of the molecule is O=C(O)C1(NCc2coc(-c3ccccc3)n2)CCC1. The standard InChI is InChI=1S/C15H16N2O3/c18-14(19)15(7-4-8-15)16-9-12-10-20-13(17-12)11-5-2-1-3-6-11/h1-3,5-6,10,16H,4,7-9H2,(H,18,19). The van der Waals surface area contributed by atoms with E-state index >= 15 is 0 Å². The third-order valence-electron chi connectivity index (χ3n) is 3.80. The van der Waals surface area contributed by atoms with E-state index in [4.69, 9.17) is 4.42 Å². The van der Waals surface area contributed by atoms with Crippen molar-refractivity contribution in [1.82, 2.24) is 10.3 Å². The maximum absolute atomic E-state index is 11.2. The van der Waals surface area contributed by atoms with Crippen LogP contribution in [0, 0.1) is 0 Å². The van der Waals surface area contributed by atoms with E-state index < -0.39 is 11.5 Å². The lowest BCUT2D eigenvalue weighted by Gasteiger charge is -2.38. The molecule has 2 N–H and O–H groups in total. The van der Waals surface area contributed by atoms with Gasteiger partial charge in [0, 0.05) is 12.1 Å². The molecule has 1 aliphatic carbocycles. The van der Waals surface area contributed by atoms with Crippen LogP contribution in [0.2, 0.25) is 0 Å². The third kappa shape index (κ3) is 2.32. The van der Waals surface area contributed by atoms with Gasteiger partial charge in [0.05, 0.1) is 5.69 Å². The van der Waals surface area contributed by atoms with Crippen molar-refractivity contribution < 1.29 is 14.3 Å². The first-order valence-electron chi connectivity index (χ1n) is 6.68. The minimum Gasteiger partial charge on any atom is -0.480 e. The number of carboxylic acids is 1. The van der Waals surface area contributed by atoms with Crippen molar-refractivity contribution >= 4 is 5.97 Å². The van der Waals surface area contributed by atoms with Crippen molar-refractivity contribution in [3.8, 4) is 11.5 Å². The normalized spacial score (nSPS) is 16.6. The van der Waals surface area contributed by atoms with Gasteiger partial charge < -0.3 is 9.52 Å².